The zero-order valence-electron chi connectivity index (χ0n) is 8.38. The zero-order valence-corrected chi connectivity index (χ0v) is 9.96. The first-order chi connectivity index (χ1) is 7.24. The van der Waals surface area contributed by atoms with E-state index in [-0.39, 0.29) is 5.78 Å². The first-order valence-corrected chi connectivity index (χ1v) is 5.64. The molecule has 0 aromatic heterocycles. The first kappa shape index (κ1) is 10.5. The molecule has 0 amide bonds. The van der Waals surface area contributed by atoms with Gasteiger partial charge in [-0.15, -0.1) is 0 Å². The van der Waals surface area contributed by atoms with Crippen molar-refractivity contribution in [1.29, 1.82) is 0 Å². The summed E-state index contributed by atoms with van der Waals surface area (Å²) in [5.41, 5.74) is 0.654. The van der Waals surface area contributed by atoms with E-state index in [1.165, 1.54) is 0 Å². The number of hydrogen-bond acceptors (Lipinski definition) is 3. The van der Waals surface area contributed by atoms with E-state index >= 15 is 0 Å². The Morgan fingerprint density at radius 1 is 1.40 bits per heavy atom. The lowest BCUT2D eigenvalue weighted by Gasteiger charge is -2.20. The van der Waals surface area contributed by atoms with Gasteiger partial charge in [-0.1, -0.05) is 6.92 Å². The van der Waals surface area contributed by atoms with Crippen LogP contribution < -0.4 is 9.47 Å². The summed E-state index contributed by atoms with van der Waals surface area (Å²) in [5, 5.41) is 0. The number of rotatable bonds is 2. The number of benzene rings is 1. The molecule has 0 N–H and O–H groups in total. The van der Waals surface area contributed by atoms with Crippen molar-refractivity contribution >= 4 is 21.7 Å². The summed E-state index contributed by atoms with van der Waals surface area (Å²) < 4.78 is 11.6. The number of carbonyl (C=O) groups is 1. The lowest BCUT2D eigenvalue weighted by molar-refractivity contribution is 0.0986. The van der Waals surface area contributed by atoms with Gasteiger partial charge in [0.1, 0.15) is 13.2 Å². The smallest absolute Gasteiger partial charge is 0.176 e. The second-order valence-electron chi connectivity index (χ2n) is 3.23. The van der Waals surface area contributed by atoms with E-state index in [1.807, 2.05) is 6.92 Å². The Morgan fingerprint density at radius 2 is 2.13 bits per heavy atom. The summed E-state index contributed by atoms with van der Waals surface area (Å²) in [4.78, 5) is 11.6. The van der Waals surface area contributed by atoms with Crippen LogP contribution in [0.2, 0.25) is 0 Å². The third-order valence-corrected chi connectivity index (χ3v) is 3.06. The number of fused-ring (bicyclic) bond motifs is 1. The van der Waals surface area contributed by atoms with E-state index in [1.54, 1.807) is 12.1 Å². The molecule has 0 bridgehead atoms. The van der Waals surface area contributed by atoms with Crippen molar-refractivity contribution in [3.8, 4) is 11.5 Å². The lowest BCUT2D eigenvalue weighted by Crippen LogP contribution is -2.16. The first-order valence-electron chi connectivity index (χ1n) is 4.85. The minimum absolute atomic E-state index is 0.0962. The Balaban J connectivity index is 2.47. The second kappa shape index (κ2) is 4.23. The number of Topliss-reactive ketones (excluding diaryl/α,β-unsaturated/α-hetero) is 1. The Bertz CT molecular complexity index is 401. The minimum atomic E-state index is 0.0962. The third kappa shape index (κ3) is 1.86. The molecule has 0 saturated heterocycles. The minimum Gasteiger partial charge on any atom is -0.486 e. The largest absolute Gasteiger partial charge is 0.486 e. The molecule has 1 aliphatic rings. The molecule has 0 radical (unpaired) electrons. The highest BCUT2D eigenvalue weighted by molar-refractivity contribution is 9.10. The maximum atomic E-state index is 11.6. The Hall–Kier alpha value is -1.03. The molecule has 1 aromatic rings. The molecule has 1 heterocycles. The third-order valence-electron chi connectivity index (χ3n) is 2.27. The normalized spacial score (nSPS) is 13.7. The lowest BCUT2D eigenvalue weighted by atomic mass is 10.1. The second-order valence-corrected chi connectivity index (χ2v) is 4.02. The Morgan fingerprint density at radius 3 is 2.87 bits per heavy atom. The van der Waals surface area contributed by atoms with Gasteiger partial charge < -0.3 is 9.47 Å². The van der Waals surface area contributed by atoms with Crippen molar-refractivity contribution in [2.24, 2.45) is 0 Å². The van der Waals surface area contributed by atoms with E-state index in [0.29, 0.717) is 41.2 Å². The number of ether oxygens (including phenoxy) is 2. The van der Waals surface area contributed by atoms with Gasteiger partial charge >= 0.3 is 0 Å². The average molecular weight is 271 g/mol. The van der Waals surface area contributed by atoms with Gasteiger partial charge in [0.25, 0.3) is 0 Å². The van der Waals surface area contributed by atoms with E-state index in [2.05, 4.69) is 15.9 Å². The molecule has 4 heteroatoms. The van der Waals surface area contributed by atoms with E-state index in [4.69, 9.17) is 9.47 Å². The highest BCUT2D eigenvalue weighted by Gasteiger charge is 2.19. The van der Waals surface area contributed by atoms with Gasteiger partial charge in [-0.3, -0.25) is 4.79 Å². The monoisotopic (exact) mass is 270 g/mol. The van der Waals surface area contributed by atoms with Crippen molar-refractivity contribution in [3.63, 3.8) is 0 Å². The molecule has 0 aliphatic carbocycles. The van der Waals surface area contributed by atoms with Crippen LogP contribution in [0.4, 0.5) is 0 Å². The standard InChI is InChI=1S/C11H11BrO3/c1-2-8(13)7-3-4-9-11(10(7)12)15-6-5-14-9/h3-4H,2,5-6H2,1H3. The highest BCUT2D eigenvalue weighted by atomic mass is 79.9. The van der Waals surface area contributed by atoms with Crippen molar-refractivity contribution in [2.45, 2.75) is 13.3 Å². The van der Waals surface area contributed by atoms with Crippen LogP contribution >= 0.6 is 15.9 Å². The van der Waals surface area contributed by atoms with Crippen LogP contribution in [0.15, 0.2) is 16.6 Å². The van der Waals surface area contributed by atoms with Gasteiger partial charge in [0.05, 0.1) is 4.47 Å². The Labute approximate surface area is 96.5 Å². The summed E-state index contributed by atoms with van der Waals surface area (Å²) in [6.45, 7) is 2.92. The quantitative estimate of drug-likeness (QED) is 0.776. The molecule has 15 heavy (non-hydrogen) atoms. The number of hydrogen-bond donors (Lipinski definition) is 0. The molecule has 0 saturated carbocycles. The Kier molecular flexibility index (Phi) is 2.95. The molecule has 1 aromatic carbocycles. The number of ketones is 1. The molecule has 3 nitrogen and oxygen atoms in total. The van der Waals surface area contributed by atoms with Crippen molar-refractivity contribution in [2.75, 3.05) is 13.2 Å². The van der Waals surface area contributed by atoms with Gasteiger partial charge in [0.15, 0.2) is 17.3 Å². The molecule has 0 unspecified atom stereocenters. The van der Waals surface area contributed by atoms with Crippen LogP contribution in [0.1, 0.15) is 23.7 Å². The van der Waals surface area contributed by atoms with Gasteiger partial charge in [0.2, 0.25) is 0 Å². The van der Waals surface area contributed by atoms with Gasteiger partial charge in [-0.2, -0.15) is 0 Å². The summed E-state index contributed by atoms with van der Waals surface area (Å²) in [7, 11) is 0. The van der Waals surface area contributed by atoms with E-state index in [9.17, 15) is 4.79 Å². The summed E-state index contributed by atoms with van der Waals surface area (Å²) in [5.74, 6) is 1.43. The van der Waals surface area contributed by atoms with Crippen LogP contribution in [-0.4, -0.2) is 19.0 Å². The molecule has 80 valence electrons. The van der Waals surface area contributed by atoms with Gasteiger partial charge in [0, 0.05) is 12.0 Å². The molecule has 1 aliphatic heterocycles. The van der Waals surface area contributed by atoms with Crippen LogP contribution in [0.5, 0.6) is 11.5 Å². The SMILES string of the molecule is CCC(=O)c1ccc2c(c1Br)OCCO2. The van der Waals surface area contributed by atoms with Gasteiger partial charge in [-0.05, 0) is 28.1 Å². The van der Waals surface area contributed by atoms with E-state index in [0.717, 1.165) is 0 Å². The topological polar surface area (TPSA) is 35.5 Å². The van der Waals surface area contributed by atoms with E-state index < -0.39 is 0 Å². The average Bonchev–Trinajstić information content (AvgIpc) is 2.29. The summed E-state index contributed by atoms with van der Waals surface area (Å²) in [6, 6.07) is 3.55. The summed E-state index contributed by atoms with van der Waals surface area (Å²) in [6.07, 6.45) is 0.484. The van der Waals surface area contributed by atoms with Crippen molar-refractivity contribution in [1.82, 2.24) is 0 Å². The van der Waals surface area contributed by atoms with Crippen molar-refractivity contribution < 1.29 is 14.3 Å². The molecule has 2 rings (SSSR count). The molecular weight excluding hydrogens is 260 g/mol. The zero-order chi connectivity index (χ0) is 10.8. The highest BCUT2D eigenvalue weighted by Crippen LogP contribution is 2.39. The van der Waals surface area contributed by atoms with Crippen molar-refractivity contribution in [3.05, 3.63) is 22.2 Å². The van der Waals surface area contributed by atoms with Crippen LogP contribution in [0.3, 0.4) is 0 Å². The maximum Gasteiger partial charge on any atom is 0.176 e. The predicted octanol–water partition coefficient (Wildman–Crippen LogP) is 2.81. The fraction of sp³-hybridized carbons (Fsp3) is 0.364. The molecule has 0 spiro atoms. The van der Waals surface area contributed by atoms with Gasteiger partial charge in [-0.25, -0.2) is 0 Å². The number of halogens is 1. The maximum absolute atomic E-state index is 11.6. The molecule has 0 atom stereocenters. The van der Waals surface area contributed by atoms with Crippen LogP contribution in [0, 0.1) is 0 Å². The molecule has 0 fully saturated rings. The van der Waals surface area contributed by atoms with Crippen LogP contribution in [0.25, 0.3) is 0 Å². The predicted molar refractivity (Wildman–Crippen MR) is 59.8 cm³/mol. The summed E-state index contributed by atoms with van der Waals surface area (Å²) >= 11 is 3.38. The fourth-order valence-corrected chi connectivity index (χ4v) is 2.15. The fourth-order valence-electron chi connectivity index (χ4n) is 1.49. The van der Waals surface area contributed by atoms with Crippen LogP contribution in [-0.2, 0) is 0 Å². The molecular formula is C11H11BrO3. The number of carbonyl (C=O) groups excluding carboxylic acids is 1.